The summed E-state index contributed by atoms with van der Waals surface area (Å²) in [5, 5.41) is 18.7. The molecule has 0 saturated heterocycles. The van der Waals surface area contributed by atoms with Crippen LogP contribution in [0, 0.1) is 0 Å². The summed E-state index contributed by atoms with van der Waals surface area (Å²) in [4.78, 5) is 29.9. The molecule has 0 atom stereocenters. The number of rotatable bonds is 11. The van der Waals surface area contributed by atoms with Gasteiger partial charge in [0.2, 0.25) is 0 Å². The van der Waals surface area contributed by atoms with Gasteiger partial charge in [-0.15, -0.1) is 10.2 Å². The largest absolute Gasteiger partial charge is 0.505 e. The third kappa shape index (κ3) is 10.2. The molecule has 0 amide bonds. The van der Waals surface area contributed by atoms with Crippen LogP contribution in [-0.4, -0.2) is 125 Å². The number of hydrogen-bond donors (Lipinski definition) is 9. The van der Waals surface area contributed by atoms with Crippen molar-refractivity contribution in [1.29, 1.82) is 0 Å². The number of aromatic hydroxyl groups is 1. The minimum Gasteiger partial charge on any atom is -0.505 e. The molecule has 5 heterocycles. The van der Waals surface area contributed by atoms with Crippen LogP contribution >= 0.6 is 0 Å². The zero-order valence-electron chi connectivity index (χ0n) is 42.0. The fourth-order valence-corrected chi connectivity index (χ4v) is 13.2. The molecule has 12 rings (SSSR count). The first-order valence-corrected chi connectivity index (χ1v) is 32.2. The Morgan fingerprint density at radius 3 is 1.36 bits per heavy atom. The van der Waals surface area contributed by atoms with Crippen molar-refractivity contribution in [3.8, 4) is 57.1 Å². The molecule has 36 heteroatoms. The van der Waals surface area contributed by atoms with Gasteiger partial charge in [0.15, 0.2) is 29.0 Å². The number of methoxy groups -OCH3 is 1. The molecule has 0 unspecified atom stereocenters. The number of ether oxygens (including phenoxy) is 1. The summed E-state index contributed by atoms with van der Waals surface area (Å²) in [6.45, 7) is 0. The van der Waals surface area contributed by atoms with Crippen LogP contribution in [0.1, 0.15) is 0 Å². The summed E-state index contributed by atoms with van der Waals surface area (Å²) >= 11 is 0. The van der Waals surface area contributed by atoms with Crippen LogP contribution in [0.25, 0.3) is 100 Å². The van der Waals surface area contributed by atoms with Gasteiger partial charge in [0.25, 0.3) is 60.6 Å². The van der Waals surface area contributed by atoms with Crippen LogP contribution in [0.5, 0.6) is 11.5 Å². The molecular formula is C49H31N11O19S6. The van der Waals surface area contributed by atoms with Crippen LogP contribution in [-0.2, 0) is 60.6 Å². The van der Waals surface area contributed by atoms with E-state index < -0.39 is 107 Å². The van der Waals surface area contributed by atoms with Gasteiger partial charge in [0, 0.05) is 60.9 Å². The van der Waals surface area contributed by atoms with Gasteiger partial charge in [-0.3, -0.25) is 27.5 Å². The fraction of sp³-hybridized carbons (Fsp3) is 0.0204. The molecule has 0 aliphatic carbocycles. The van der Waals surface area contributed by atoms with Crippen molar-refractivity contribution in [2.24, 2.45) is 10.2 Å². The molecule has 10 aromatic rings. The monoisotopic (exact) mass is 1270 g/mol. The average Bonchev–Trinajstić information content (AvgIpc) is 2.23. The SMILES string of the molecule is COc1ccc(N=Nc2c(S(=O)(=O)O)cc3cc(NS(=O)(=O)c4ccc5c(c4)-c4nc-5nc5[nH]c(nc6nc(nc7[nH]c(n4)c4cc(S(=O)(=O)O)ccc74)-c4cc(S(=O)(=O)O)ccc4-6)c4cc(S(=O)(=O)O)ccc54)ccc3c2O)c(S(=O)(=O)O)c1. The van der Waals surface area contributed by atoms with E-state index in [2.05, 4.69) is 44.9 Å². The molecule has 0 fully saturated rings. The van der Waals surface area contributed by atoms with E-state index in [1.807, 2.05) is 0 Å². The molecule has 7 aromatic carbocycles. The maximum atomic E-state index is 14.4. The highest BCUT2D eigenvalue weighted by Crippen LogP contribution is 2.44. The number of nitrogens with one attached hydrogen (secondary N) is 3. The normalized spacial score (nSPS) is 13.2. The first kappa shape index (κ1) is 56.2. The summed E-state index contributed by atoms with van der Waals surface area (Å²) in [6, 6.07) is 21.2. The number of fused-ring (bicyclic) bond motifs is 21. The van der Waals surface area contributed by atoms with Crippen LogP contribution in [0.15, 0.2) is 155 Å². The minimum atomic E-state index is -5.29. The summed E-state index contributed by atoms with van der Waals surface area (Å²) in [7, 11) is -28.3. The zero-order chi connectivity index (χ0) is 60.7. The lowest BCUT2D eigenvalue weighted by atomic mass is 10.1. The Labute approximate surface area is 476 Å². The molecule has 8 bridgehead atoms. The van der Waals surface area contributed by atoms with E-state index in [0.717, 1.165) is 84.9 Å². The topological polar surface area (TPSA) is 481 Å². The van der Waals surface area contributed by atoms with Gasteiger partial charge < -0.3 is 19.8 Å². The molecule has 9 N–H and O–H groups in total. The summed E-state index contributed by atoms with van der Waals surface area (Å²) in [5.41, 5.74) is -1.92. The second-order valence-electron chi connectivity index (χ2n) is 18.5. The Morgan fingerprint density at radius 2 is 0.871 bits per heavy atom. The quantitative estimate of drug-likeness (QED) is 0.0457. The van der Waals surface area contributed by atoms with Gasteiger partial charge in [0.05, 0.1) is 26.7 Å². The van der Waals surface area contributed by atoms with Crippen molar-refractivity contribution in [3.63, 3.8) is 0 Å². The number of aromatic amines is 2. The predicted octanol–water partition coefficient (Wildman–Crippen LogP) is 7.19. The molecule has 0 saturated carbocycles. The molecule has 30 nitrogen and oxygen atoms in total. The predicted molar refractivity (Wildman–Crippen MR) is 299 cm³/mol. The molecule has 2 aliphatic heterocycles. The second kappa shape index (κ2) is 19.4. The average molecular weight is 1270 g/mol. The van der Waals surface area contributed by atoms with Crippen LogP contribution in [0.2, 0.25) is 0 Å². The van der Waals surface area contributed by atoms with Gasteiger partial charge in [0.1, 0.15) is 49.5 Å². The highest BCUT2D eigenvalue weighted by atomic mass is 32.2. The molecule has 2 aliphatic rings. The first-order chi connectivity index (χ1) is 39.8. The van der Waals surface area contributed by atoms with Crippen molar-refractivity contribution in [2.75, 3.05) is 11.8 Å². The van der Waals surface area contributed by atoms with E-state index in [1.54, 1.807) is 0 Å². The summed E-state index contributed by atoms with van der Waals surface area (Å²) < 4.78 is 211. The third-order valence-corrected chi connectivity index (χ3v) is 18.9. The molecule has 0 radical (unpaired) electrons. The standard InChI is InChI=1S/C49H31N11O19S6/c1-79-23-3-13-37(38(16-23)84(73,74)75)58-59-40-39(85(76,77)78)15-21-14-22(2-8-28(21)41(40)61)60-80(62,63)24-4-9-29-33(17-24)46-51-42(29)50-43-30-10-5-25(81(64,65)66)18-34(30)47(52-43)53-44-31-11-6-26(82(67,68)69)19-35(31)48(54-44)55-45-32-12-7-27(83(70,71)72)20-36(32)49(56-45)57-46/h2-20,60-61H,1H3,(H,64,65,66)(H,67,68,69)(H,70,71,72)(H,73,74,75)(H,76,77,78)(H2,50,51,52,53,54,55,56,57). The number of phenols is 1. The van der Waals surface area contributed by atoms with E-state index in [9.17, 15) is 78.4 Å². The maximum Gasteiger partial charge on any atom is 0.296 e. The van der Waals surface area contributed by atoms with Crippen molar-refractivity contribution in [3.05, 3.63) is 115 Å². The molecule has 85 heavy (non-hydrogen) atoms. The van der Waals surface area contributed by atoms with E-state index in [0.29, 0.717) is 0 Å². The van der Waals surface area contributed by atoms with Crippen molar-refractivity contribution in [1.82, 2.24) is 39.9 Å². The van der Waals surface area contributed by atoms with E-state index in [-0.39, 0.29) is 112 Å². The minimum absolute atomic E-state index is 0.00685. The number of H-pyrrole nitrogens is 2. The Hall–Kier alpha value is -9.34. The number of sulfonamides is 1. The van der Waals surface area contributed by atoms with E-state index in [4.69, 9.17) is 14.7 Å². The number of benzene rings is 7. The van der Waals surface area contributed by atoms with Crippen molar-refractivity contribution in [2.45, 2.75) is 29.4 Å². The summed E-state index contributed by atoms with van der Waals surface area (Å²) in [5.74, 6) is -1.77. The van der Waals surface area contributed by atoms with Gasteiger partial charge in [-0.1, -0.05) is 0 Å². The van der Waals surface area contributed by atoms with Crippen LogP contribution < -0.4 is 9.46 Å². The lowest BCUT2D eigenvalue weighted by molar-refractivity contribution is 0.412. The summed E-state index contributed by atoms with van der Waals surface area (Å²) in [6.07, 6.45) is 0. The lowest BCUT2D eigenvalue weighted by Gasteiger charge is -2.12. The maximum absolute atomic E-state index is 14.4. The number of hydrogen-bond acceptors (Lipinski definition) is 22. The molecule has 3 aromatic heterocycles. The molecule has 0 spiro atoms. The van der Waals surface area contributed by atoms with Gasteiger partial charge in [-0.2, -0.15) is 42.1 Å². The van der Waals surface area contributed by atoms with Gasteiger partial charge in [-0.05, 0) is 115 Å². The van der Waals surface area contributed by atoms with Crippen molar-refractivity contribution >= 4 is 133 Å². The van der Waals surface area contributed by atoms with Gasteiger partial charge >= 0.3 is 0 Å². The highest BCUT2D eigenvalue weighted by Gasteiger charge is 2.29. The number of anilines is 1. The lowest BCUT2D eigenvalue weighted by Crippen LogP contribution is -2.13. The van der Waals surface area contributed by atoms with E-state index in [1.165, 1.54) is 37.4 Å². The fourth-order valence-electron chi connectivity index (χ4n) is 9.30. The van der Waals surface area contributed by atoms with Crippen LogP contribution in [0.4, 0.5) is 17.1 Å². The highest BCUT2D eigenvalue weighted by molar-refractivity contribution is 7.92. The molecular weight excluding hydrogens is 1240 g/mol. The number of azo groups is 1. The zero-order valence-corrected chi connectivity index (χ0v) is 46.9. The Kier molecular flexibility index (Phi) is 12.8. The Balaban J connectivity index is 1.03. The van der Waals surface area contributed by atoms with Crippen molar-refractivity contribution < 1.29 is 83.1 Å². The Morgan fingerprint density at radius 1 is 0.424 bits per heavy atom. The number of phenolic OH excluding ortho intramolecular Hbond substituents is 1. The van der Waals surface area contributed by atoms with Crippen LogP contribution in [0.3, 0.4) is 0 Å². The number of nitrogens with zero attached hydrogens (tertiary/aromatic N) is 8. The third-order valence-electron chi connectivity index (χ3n) is 13.2. The molecule has 432 valence electrons. The first-order valence-electron chi connectivity index (χ1n) is 23.5. The van der Waals surface area contributed by atoms with Gasteiger partial charge in [-0.25, -0.2) is 38.3 Å². The van der Waals surface area contributed by atoms with E-state index >= 15 is 0 Å². The smallest absolute Gasteiger partial charge is 0.296 e. The number of aromatic nitrogens is 8. The second-order valence-corrected chi connectivity index (χ2v) is 27.2. The Bertz CT molecular complexity index is 5650.